The van der Waals surface area contributed by atoms with Crippen LogP contribution in [0.4, 0.5) is 0 Å². The third kappa shape index (κ3) is 77.8. The molecule has 0 N–H and O–H groups in total. The van der Waals surface area contributed by atoms with E-state index in [2.05, 4.69) is 27.7 Å². The number of esters is 4. The molecule has 0 aliphatic rings. The summed E-state index contributed by atoms with van der Waals surface area (Å²) in [6.45, 7) is 7.28. The Morgan fingerprint density at radius 2 is 0.421 bits per heavy atom. The van der Waals surface area contributed by atoms with Crippen molar-refractivity contribution in [2.24, 2.45) is 0 Å². The van der Waals surface area contributed by atoms with E-state index in [0.717, 1.165) is 77.0 Å². The molecule has 0 heterocycles. The van der Waals surface area contributed by atoms with Crippen LogP contribution in [-0.2, 0) is 69.7 Å². The Morgan fingerprint density at radius 3 is 0.607 bits per heavy atom. The lowest BCUT2D eigenvalue weighted by Crippen LogP contribution is -2.37. The van der Waals surface area contributed by atoms with Crippen LogP contribution in [0.1, 0.15) is 439 Å². The van der Waals surface area contributed by atoms with Crippen LogP contribution in [0.5, 0.6) is 0 Å². The molecule has 0 rings (SSSR count). The number of rotatable bonds is 86. The lowest BCUT2D eigenvalue weighted by Gasteiger charge is -2.28. The summed E-state index contributed by atoms with van der Waals surface area (Å²) < 4.78 is 84.6. The van der Waals surface area contributed by atoms with Crippen LogP contribution >= 0.6 is 15.6 Å². The monoisotopic (exact) mass is 1560 g/mol. The summed E-state index contributed by atoms with van der Waals surface area (Å²) in [6, 6.07) is 0. The van der Waals surface area contributed by atoms with Crippen LogP contribution in [0.25, 0.3) is 0 Å². The van der Waals surface area contributed by atoms with Gasteiger partial charge in [-0.1, -0.05) is 387 Å². The highest BCUT2D eigenvalue weighted by atomic mass is 31.3. The van der Waals surface area contributed by atoms with Crippen molar-refractivity contribution >= 4 is 39.5 Å². The van der Waals surface area contributed by atoms with Crippen LogP contribution in [-0.4, -0.2) is 140 Å². The van der Waals surface area contributed by atoms with E-state index in [1.54, 1.807) is 0 Å². The smallest absolute Gasteiger partial charge is 0.462 e. The Hall–Kier alpha value is -1.94. The number of hydrogen-bond donors (Lipinski definition) is 0. The number of unbranched alkanes of at least 4 members (excludes halogenated alkanes) is 56. The van der Waals surface area contributed by atoms with Gasteiger partial charge in [-0.25, -0.2) is 9.13 Å². The molecular weight excluding hydrogens is 1390 g/mol. The zero-order valence-electron chi connectivity index (χ0n) is 72.0. The molecule has 17 nitrogen and oxygen atoms in total. The van der Waals surface area contributed by atoms with Crippen molar-refractivity contribution in [3.63, 3.8) is 0 Å². The summed E-state index contributed by atoms with van der Waals surface area (Å²) in [5.74, 6) is -1.96. The van der Waals surface area contributed by atoms with E-state index in [-0.39, 0.29) is 52.1 Å². The molecule has 107 heavy (non-hydrogen) atoms. The maximum Gasteiger partial charge on any atom is 0.484 e. The second kappa shape index (κ2) is 75.4. The summed E-state index contributed by atoms with van der Waals surface area (Å²) in [5, 5.41) is 0. The first-order valence-electron chi connectivity index (χ1n) is 45.5. The first-order valence-corrected chi connectivity index (χ1v) is 48.4. The molecule has 0 saturated heterocycles. The van der Waals surface area contributed by atoms with Crippen molar-refractivity contribution in [3.8, 4) is 0 Å². The first-order chi connectivity index (χ1) is 51.7. The second-order valence-electron chi connectivity index (χ2n) is 33.7. The lowest BCUT2D eigenvalue weighted by atomic mass is 10.0. The minimum atomic E-state index is -5.00. The van der Waals surface area contributed by atoms with E-state index in [4.69, 9.17) is 41.4 Å². The van der Waals surface area contributed by atoms with Gasteiger partial charge in [0.05, 0.1) is 55.5 Å². The van der Waals surface area contributed by atoms with Gasteiger partial charge in [0.2, 0.25) is 0 Å². The van der Waals surface area contributed by atoms with Gasteiger partial charge in [-0.2, -0.15) is 4.31 Å². The van der Waals surface area contributed by atoms with Crippen molar-refractivity contribution in [1.29, 1.82) is 0 Å². The van der Waals surface area contributed by atoms with Gasteiger partial charge >= 0.3 is 39.5 Å². The third-order valence-corrected chi connectivity index (χ3v) is 24.0. The van der Waals surface area contributed by atoms with Crippen LogP contribution in [0.3, 0.4) is 0 Å². The van der Waals surface area contributed by atoms with Crippen molar-refractivity contribution < 1.29 is 78.6 Å². The van der Waals surface area contributed by atoms with Gasteiger partial charge in [-0.05, 0) is 25.7 Å². The van der Waals surface area contributed by atoms with Crippen molar-refractivity contribution in [2.45, 2.75) is 451 Å². The number of carbonyl (C=O) groups excluding carboxylic acids is 4. The molecule has 0 saturated carbocycles. The maximum atomic E-state index is 15.2. The maximum absolute atomic E-state index is 15.2. The number of nitrogens with zero attached hydrogens (tertiary/aromatic N) is 2. The number of carbonyl (C=O) groups is 4. The average Bonchev–Trinajstić information content (AvgIpc) is 0.826. The number of quaternary nitrogens is 2. The molecule has 0 spiro atoms. The summed E-state index contributed by atoms with van der Waals surface area (Å²) in [5.41, 5.74) is 0. The summed E-state index contributed by atoms with van der Waals surface area (Å²) in [7, 11) is 1.55. The van der Waals surface area contributed by atoms with Crippen LogP contribution in [0.15, 0.2) is 0 Å². The zero-order valence-corrected chi connectivity index (χ0v) is 73.8. The molecule has 0 aromatic rings. The van der Waals surface area contributed by atoms with Crippen molar-refractivity contribution in [2.75, 3.05) is 95.0 Å². The van der Waals surface area contributed by atoms with Gasteiger partial charge in [-0.15, -0.1) is 0 Å². The van der Waals surface area contributed by atoms with E-state index in [1.165, 1.54) is 283 Å². The van der Waals surface area contributed by atoms with E-state index < -0.39 is 64.9 Å². The Morgan fingerprint density at radius 1 is 0.243 bits per heavy atom. The molecule has 0 aliphatic heterocycles. The number of phosphoric ester groups is 2. The van der Waals surface area contributed by atoms with Gasteiger partial charge < -0.3 is 27.9 Å². The minimum Gasteiger partial charge on any atom is -0.462 e. The highest BCUT2D eigenvalue weighted by Crippen LogP contribution is 2.66. The highest BCUT2D eigenvalue weighted by molar-refractivity contribution is 7.62. The van der Waals surface area contributed by atoms with Crippen molar-refractivity contribution in [1.82, 2.24) is 0 Å². The van der Waals surface area contributed by atoms with Gasteiger partial charge in [0.15, 0.2) is 12.2 Å². The molecule has 636 valence electrons. The molecule has 0 fully saturated rings. The van der Waals surface area contributed by atoms with Crippen molar-refractivity contribution in [3.05, 3.63) is 0 Å². The van der Waals surface area contributed by atoms with E-state index in [1.807, 2.05) is 42.3 Å². The number of ether oxygens (including phenoxy) is 4. The predicted octanol–water partition coefficient (Wildman–Crippen LogP) is 26.7. The summed E-state index contributed by atoms with van der Waals surface area (Å²) in [6.07, 6.45) is 70.0. The summed E-state index contributed by atoms with van der Waals surface area (Å²) in [4.78, 5) is 54.0. The molecule has 0 radical (unpaired) electrons. The minimum absolute atomic E-state index is 0.124. The van der Waals surface area contributed by atoms with E-state index in [0.29, 0.717) is 47.7 Å². The van der Waals surface area contributed by atoms with Crippen LogP contribution in [0, 0.1) is 0 Å². The number of phosphoric acid groups is 2. The standard InChI is InChI=1S/C88H176N2O15P2/c1-11-15-19-23-27-31-35-39-43-47-51-55-59-63-67-71-85(91)97-79-83(103-87(93)73-69-65-61-57-53-49-45-41-37-33-29-25-21-17-13-3)81-101-106(95,99-77-75-89(5,6)7)105-107(96,100-78-76-90(8,9)10)102-82-84(104-88(94)74-70-66-62-58-54-50-46-42-38-34-30-26-22-18-14-4)80-98-86(92)72-68-64-60-56-52-48-44-40-36-32-28-24-20-16-12-2/h83-84H,11-82H2,1-10H3/q+2/t83-,84?,106?,107?/m1/s1. The largest absolute Gasteiger partial charge is 0.484 e. The van der Waals surface area contributed by atoms with Gasteiger partial charge in [0.1, 0.15) is 39.5 Å². The molecule has 0 amide bonds. The molecular formula is C88H176N2O15P2+2. The predicted molar refractivity (Wildman–Crippen MR) is 446 cm³/mol. The fraction of sp³-hybridized carbons (Fsp3) is 0.955. The molecule has 0 bridgehead atoms. The molecule has 19 heteroatoms. The van der Waals surface area contributed by atoms with E-state index in [9.17, 15) is 19.2 Å². The van der Waals surface area contributed by atoms with Gasteiger partial charge in [0, 0.05) is 25.7 Å². The Bertz CT molecular complexity index is 1950. The lowest BCUT2D eigenvalue weighted by molar-refractivity contribution is -0.870. The van der Waals surface area contributed by atoms with Gasteiger partial charge in [-0.3, -0.25) is 37.3 Å². The second-order valence-corrected chi connectivity index (χ2v) is 37.1. The van der Waals surface area contributed by atoms with Crippen LogP contribution in [0.2, 0.25) is 0 Å². The zero-order chi connectivity index (χ0) is 78.7. The summed E-state index contributed by atoms with van der Waals surface area (Å²) >= 11 is 0. The van der Waals surface area contributed by atoms with Crippen LogP contribution < -0.4 is 0 Å². The Labute approximate surface area is 660 Å². The fourth-order valence-corrected chi connectivity index (χ4v) is 16.5. The van der Waals surface area contributed by atoms with Gasteiger partial charge in [0.25, 0.3) is 0 Å². The Kier molecular flexibility index (Phi) is 74.0. The highest BCUT2D eigenvalue weighted by Gasteiger charge is 2.43. The molecule has 0 aliphatic carbocycles. The molecule has 0 aromatic carbocycles. The number of hydrogen-bond acceptors (Lipinski definition) is 15. The first kappa shape index (κ1) is 105. The third-order valence-electron chi connectivity index (χ3n) is 20.5. The quantitative estimate of drug-likeness (QED) is 0.0184. The fourth-order valence-electron chi connectivity index (χ4n) is 13.3. The van der Waals surface area contributed by atoms with E-state index >= 15 is 9.13 Å². The normalized spacial score (nSPS) is 13.7. The molecule has 4 atom stereocenters. The topological polar surface area (TPSA) is 185 Å². The number of likely N-dealkylation sites (N-methyl/N-ethyl adjacent to an activating group) is 2. The molecule has 3 unspecified atom stereocenters. The Balaban J connectivity index is 6.36. The average molecular weight is 1560 g/mol. The molecule has 0 aromatic heterocycles. The SMILES string of the molecule is CCCCCCCCCCCCCCCCCC(=O)OCC(COP(=O)(OCC[N+](C)(C)C)OP(=O)(OCC[N+](C)(C)C)OC[C@@H](COC(=O)CCCCCCCCCCCCCCCCC)OC(=O)CCCCCCCCCCCCCCCCC)OC(=O)CCCCCCCCCCCCCCCCC.